The van der Waals surface area contributed by atoms with Crippen LogP contribution in [0, 0.1) is 5.92 Å². The summed E-state index contributed by atoms with van der Waals surface area (Å²) in [6, 6.07) is 10.9. The molecule has 1 atom stereocenters. The molecule has 1 N–H and O–H groups in total. The van der Waals surface area contributed by atoms with Crippen molar-refractivity contribution in [2.45, 2.75) is 26.3 Å². The van der Waals surface area contributed by atoms with Gasteiger partial charge in [0.05, 0.1) is 31.9 Å². The van der Waals surface area contributed by atoms with Gasteiger partial charge in [-0.05, 0) is 54.3 Å². The van der Waals surface area contributed by atoms with Gasteiger partial charge in [-0.2, -0.15) is 0 Å². The van der Waals surface area contributed by atoms with Crippen LogP contribution in [-0.2, 0) is 14.3 Å². The van der Waals surface area contributed by atoms with E-state index in [0.717, 1.165) is 6.42 Å². The van der Waals surface area contributed by atoms with Gasteiger partial charge < -0.3 is 24.2 Å². The number of aliphatic hydroxyl groups is 1. The number of aliphatic hydroxyl groups excluding tert-OH is 1. The van der Waals surface area contributed by atoms with Crippen molar-refractivity contribution in [1.29, 1.82) is 0 Å². The zero-order valence-corrected chi connectivity index (χ0v) is 20.6. The van der Waals surface area contributed by atoms with Crippen molar-refractivity contribution in [3.05, 3.63) is 64.2 Å². The van der Waals surface area contributed by atoms with Crippen LogP contribution >= 0.6 is 11.6 Å². The Hall–Kier alpha value is -3.03. The zero-order valence-electron chi connectivity index (χ0n) is 19.8. The zero-order chi connectivity index (χ0) is 24.8. The Morgan fingerprint density at radius 2 is 1.76 bits per heavy atom. The maximum absolute atomic E-state index is 13.0. The number of rotatable bonds is 10. The number of amides is 1. The van der Waals surface area contributed by atoms with Crippen molar-refractivity contribution in [2.24, 2.45) is 5.92 Å². The normalized spacial score (nSPS) is 17.5. The highest BCUT2D eigenvalue weighted by Gasteiger charge is 2.46. The Kier molecular flexibility index (Phi) is 8.58. The third-order valence-corrected chi connectivity index (χ3v) is 5.90. The number of ether oxygens (including phenoxy) is 3. The summed E-state index contributed by atoms with van der Waals surface area (Å²) in [5.74, 6) is -0.183. The lowest BCUT2D eigenvalue weighted by atomic mass is 9.95. The van der Waals surface area contributed by atoms with Gasteiger partial charge in [0.2, 0.25) is 0 Å². The monoisotopic (exact) mass is 487 g/mol. The quantitative estimate of drug-likeness (QED) is 0.293. The predicted molar refractivity (Wildman–Crippen MR) is 130 cm³/mol. The van der Waals surface area contributed by atoms with Crippen LogP contribution in [0.2, 0.25) is 5.02 Å². The average molecular weight is 488 g/mol. The number of benzene rings is 2. The third kappa shape index (κ3) is 5.54. The third-order valence-electron chi connectivity index (χ3n) is 5.65. The number of carbonyl (C=O) groups is 2. The lowest BCUT2D eigenvalue weighted by Gasteiger charge is -2.25. The van der Waals surface area contributed by atoms with E-state index >= 15 is 0 Å². The summed E-state index contributed by atoms with van der Waals surface area (Å²) in [6.07, 6.45) is 0.892. The van der Waals surface area contributed by atoms with Gasteiger partial charge >= 0.3 is 0 Å². The number of carbonyl (C=O) groups excluding carboxylic acids is 2. The number of nitrogens with zero attached hydrogens (tertiary/aromatic N) is 1. The molecule has 0 aromatic heterocycles. The summed E-state index contributed by atoms with van der Waals surface area (Å²) in [5.41, 5.74) is 0.998. The molecular weight excluding hydrogens is 458 g/mol. The first-order chi connectivity index (χ1) is 16.3. The van der Waals surface area contributed by atoms with Gasteiger partial charge in [0.25, 0.3) is 11.7 Å². The molecule has 1 saturated heterocycles. The highest BCUT2D eigenvalue weighted by Crippen LogP contribution is 2.42. The minimum Gasteiger partial charge on any atom is -0.507 e. The van der Waals surface area contributed by atoms with E-state index in [-0.39, 0.29) is 24.5 Å². The van der Waals surface area contributed by atoms with Crippen molar-refractivity contribution in [2.75, 3.05) is 34.0 Å². The number of methoxy groups -OCH3 is 2. The van der Waals surface area contributed by atoms with E-state index in [1.54, 1.807) is 42.5 Å². The molecule has 7 nitrogen and oxygen atoms in total. The molecule has 0 radical (unpaired) electrons. The Labute approximate surface area is 204 Å². The van der Waals surface area contributed by atoms with Crippen LogP contribution in [0.1, 0.15) is 37.4 Å². The highest BCUT2D eigenvalue weighted by atomic mass is 35.5. The van der Waals surface area contributed by atoms with Crippen molar-refractivity contribution < 1.29 is 28.9 Å². The maximum Gasteiger partial charge on any atom is 0.295 e. The molecule has 2 aromatic carbocycles. The van der Waals surface area contributed by atoms with Gasteiger partial charge in [0, 0.05) is 24.2 Å². The largest absolute Gasteiger partial charge is 0.507 e. The molecule has 1 fully saturated rings. The van der Waals surface area contributed by atoms with Crippen LogP contribution in [0.3, 0.4) is 0 Å². The van der Waals surface area contributed by atoms with Crippen molar-refractivity contribution in [3.8, 4) is 11.5 Å². The van der Waals surface area contributed by atoms with Gasteiger partial charge in [-0.3, -0.25) is 9.59 Å². The molecule has 1 amide bonds. The van der Waals surface area contributed by atoms with E-state index in [0.29, 0.717) is 40.2 Å². The Balaban J connectivity index is 2.07. The molecule has 0 bridgehead atoms. The molecule has 0 aliphatic carbocycles. The molecule has 8 heteroatoms. The second-order valence-electron chi connectivity index (χ2n) is 8.43. The fraction of sp³-hybridized carbons (Fsp3) is 0.385. The lowest BCUT2D eigenvalue weighted by molar-refractivity contribution is -0.140. The fourth-order valence-corrected chi connectivity index (χ4v) is 3.91. The lowest BCUT2D eigenvalue weighted by Crippen LogP contribution is -2.32. The molecule has 2 aromatic rings. The van der Waals surface area contributed by atoms with Gasteiger partial charge in [-0.25, -0.2) is 0 Å². The van der Waals surface area contributed by atoms with Crippen LogP contribution < -0.4 is 9.47 Å². The number of likely N-dealkylation sites (tertiary alicyclic amines) is 1. The van der Waals surface area contributed by atoms with Crippen LogP contribution in [0.25, 0.3) is 5.76 Å². The van der Waals surface area contributed by atoms with E-state index in [1.165, 1.54) is 19.1 Å². The fourth-order valence-electron chi connectivity index (χ4n) is 3.79. The van der Waals surface area contributed by atoms with Gasteiger partial charge in [0.15, 0.2) is 11.5 Å². The first-order valence-electron chi connectivity index (χ1n) is 11.1. The second-order valence-corrected chi connectivity index (χ2v) is 8.87. The van der Waals surface area contributed by atoms with E-state index < -0.39 is 17.7 Å². The summed E-state index contributed by atoms with van der Waals surface area (Å²) in [6.45, 7) is 5.19. The number of ketones is 1. The SMILES string of the molecule is COCCN1C(=O)C(=O)C(=C(O)c2ccc(Cl)cc2)[C@H]1c1ccc(OCCC(C)C)c(OC)c1. The minimum atomic E-state index is -0.815. The molecule has 0 spiro atoms. The topological polar surface area (TPSA) is 85.3 Å². The highest BCUT2D eigenvalue weighted by molar-refractivity contribution is 6.46. The van der Waals surface area contributed by atoms with Crippen molar-refractivity contribution in [1.82, 2.24) is 4.90 Å². The van der Waals surface area contributed by atoms with Crippen molar-refractivity contribution >= 4 is 29.1 Å². The Morgan fingerprint density at radius 1 is 1.06 bits per heavy atom. The van der Waals surface area contributed by atoms with Gasteiger partial charge in [-0.15, -0.1) is 0 Å². The molecule has 34 heavy (non-hydrogen) atoms. The van der Waals surface area contributed by atoms with Gasteiger partial charge in [-0.1, -0.05) is 31.5 Å². The molecule has 182 valence electrons. The van der Waals surface area contributed by atoms with E-state index in [1.807, 2.05) is 0 Å². The second kappa shape index (κ2) is 11.4. The standard InChI is InChI=1S/C26H30ClNO6/c1-16(2)11-13-34-20-10-7-18(15-21(20)33-4)23-22(24(29)17-5-8-19(27)9-6-17)25(30)26(31)28(23)12-14-32-3/h5-10,15-16,23,29H,11-14H2,1-4H3/t23-/m1/s1. The number of Topliss-reactive ketones (excluding diaryl/α,β-unsaturated/α-hetero) is 1. The molecule has 1 heterocycles. The summed E-state index contributed by atoms with van der Waals surface area (Å²) in [5, 5.41) is 11.6. The summed E-state index contributed by atoms with van der Waals surface area (Å²) in [4.78, 5) is 27.4. The first-order valence-corrected chi connectivity index (χ1v) is 11.5. The maximum atomic E-state index is 13.0. The van der Waals surface area contributed by atoms with E-state index in [9.17, 15) is 14.7 Å². The van der Waals surface area contributed by atoms with Crippen LogP contribution in [-0.4, -0.2) is 55.7 Å². The van der Waals surface area contributed by atoms with Crippen LogP contribution in [0.5, 0.6) is 11.5 Å². The Bertz CT molecular complexity index is 1060. The Morgan fingerprint density at radius 3 is 2.38 bits per heavy atom. The van der Waals surface area contributed by atoms with Crippen molar-refractivity contribution in [3.63, 3.8) is 0 Å². The van der Waals surface area contributed by atoms with E-state index in [4.69, 9.17) is 25.8 Å². The molecule has 1 aliphatic heterocycles. The number of hydrogen-bond acceptors (Lipinski definition) is 6. The minimum absolute atomic E-state index is 0.000968. The average Bonchev–Trinajstić information content (AvgIpc) is 3.07. The molecule has 1 aliphatic rings. The number of halogens is 1. The predicted octanol–water partition coefficient (Wildman–Crippen LogP) is 4.84. The van der Waals surface area contributed by atoms with E-state index in [2.05, 4.69) is 13.8 Å². The number of hydrogen-bond donors (Lipinski definition) is 1. The summed E-state index contributed by atoms with van der Waals surface area (Å²) in [7, 11) is 3.05. The summed E-state index contributed by atoms with van der Waals surface area (Å²) >= 11 is 5.97. The molecular formula is C26H30ClNO6. The van der Waals surface area contributed by atoms with Gasteiger partial charge in [0.1, 0.15) is 5.76 Å². The molecule has 3 rings (SSSR count). The van der Waals surface area contributed by atoms with Crippen LogP contribution in [0.4, 0.5) is 0 Å². The molecule has 0 saturated carbocycles. The van der Waals surface area contributed by atoms with Crippen LogP contribution in [0.15, 0.2) is 48.0 Å². The molecule has 0 unspecified atom stereocenters. The summed E-state index contributed by atoms with van der Waals surface area (Å²) < 4.78 is 16.6. The smallest absolute Gasteiger partial charge is 0.295 e. The first kappa shape index (κ1) is 25.6.